The van der Waals surface area contributed by atoms with Gasteiger partial charge in [0.2, 0.25) is 0 Å². The number of ether oxygens (including phenoxy) is 2. The summed E-state index contributed by atoms with van der Waals surface area (Å²) < 4.78 is 11.1. The van der Waals surface area contributed by atoms with Crippen LogP contribution in [-0.4, -0.2) is 25.1 Å². The van der Waals surface area contributed by atoms with Gasteiger partial charge in [-0.25, -0.2) is 4.98 Å². The van der Waals surface area contributed by atoms with Gasteiger partial charge in [-0.05, 0) is 53.2 Å². The standard InChI is InChI=1S/C15H15BrN2O3/c1-9-11(5-7-14(16)17-9)18-15(19)10-4-6-12(20-2)13(8-10)21-3/h4-8H,1-3H3,(H,18,19). The summed E-state index contributed by atoms with van der Waals surface area (Å²) in [5.41, 5.74) is 1.88. The summed E-state index contributed by atoms with van der Waals surface area (Å²) in [7, 11) is 3.08. The molecular formula is C15H15BrN2O3. The van der Waals surface area contributed by atoms with E-state index in [0.29, 0.717) is 22.7 Å². The van der Waals surface area contributed by atoms with E-state index in [9.17, 15) is 4.79 Å². The molecule has 2 rings (SSSR count). The number of hydrogen-bond donors (Lipinski definition) is 1. The van der Waals surface area contributed by atoms with Crippen LogP contribution in [0.5, 0.6) is 11.5 Å². The Labute approximate surface area is 131 Å². The number of benzene rings is 1. The van der Waals surface area contributed by atoms with Crippen molar-refractivity contribution in [2.75, 3.05) is 19.5 Å². The third-order valence-electron chi connectivity index (χ3n) is 2.95. The number of halogens is 1. The Kier molecular flexibility index (Phi) is 4.80. The number of amides is 1. The van der Waals surface area contributed by atoms with Crippen LogP contribution in [0.25, 0.3) is 0 Å². The molecule has 1 aromatic carbocycles. The average molecular weight is 351 g/mol. The molecule has 1 heterocycles. The van der Waals surface area contributed by atoms with Crippen LogP contribution >= 0.6 is 15.9 Å². The zero-order chi connectivity index (χ0) is 15.4. The normalized spacial score (nSPS) is 10.1. The number of rotatable bonds is 4. The van der Waals surface area contributed by atoms with Gasteiger partial charge >= 0.3 is 0 Å². The second-order valence-electron chi connectivity index (χ2n) is 4.29. The van der Waals surface area contributed by atoms with Crippen molar-refractivity contribution in [3.63, 3.8) is 0 Å². The van der Waals surface area contributed by atoms with Crippen molar-refractivity contribution >= 4 is 27.5 Å². The topological polar surface area (TPSA) is 60.5 Å². The summed E-state index contributed by atoms with van der Waals surface area (Å²) in [6, 6.07) is 8.58. The Morgan fingerprint density at radius 2 is 1.86 bits per heavy atom. The van der Waals surface area contributed by atoms with Crippen LogP contribution in [0.2, 0.25) is 0 Å². The zero-order valence-corrected chi connectivity index (χ0v) is 13.5. The van der Waals surface area contributed by atoms with Crippen LogP contribution in [0.15, 0.2) is 34.9 Å². The number of nitrogens with zero attached hydrogens (tertiary/aromatic N) is 1. The van der Waals surface area contributed by atoms with Gasteiger partial charge in [0.05, 0.1) is 25.6 Å². The van der Waals surface area contributed by atoms with E-state index >= 15 is 0 Å². The first-order valence-electron chi connectivity index (χ1n) is 6.21. The van der Waals surface area contributed by atoms with Crippen molar-refractivity contribution in [2.45, 2.75) is 6.92 Å². The number of nitrogens with one attached hydrogen (secondary N) is 1. The Morgan fingerprint density at radius 1 is 1.14 bits per heavy atom. The zero-order valence-electron chi connectivity index (χ0n) is 11.9. The molecule has 0 saturated carbocycles. The smallest absolute Gasteiger partial charge is 0.255 e. The van der Waals surface area contributed by atoms with Gasteiger partial charge in [-0.3, -0.25) is 4.79 Å². The second kappa shape index (κ2) is 6.58. The lowest BCUT2D eigenvalue weighted by atomic mass is 10.2. The molecule has 2 aromatic rings. The Hall–Kier alpha value is -2.08. The molecule has 0 unspecified atom stereocenters. The highest BCUT2D eigenvalue weighted by molar-refractivity contribution is 9.10. The minimum absolute atomic E-state index is 0.233. The number of anilines is 1. The van der Waals surface area contributed by atoms with E-state index in [2.05, 4.69) is 26.2 Å². The Morgan fingerprint density at radius 3 is 2.48 bits per heavy atom. The SMILES string of the molecule is COc1ccc(C(=O)Nc2ccc(Br)nc2C)cc1OC. The molecule has 1 N–H and O–H groups in total. The predicted molar refractivity (Wildman–Crippen MR) is 84.2 cm³/mol. The summed E-state index contributed by atoms with van der Waals surface area (Å²) in [5.74, 6) is 0.856. The molecule has 0 radical (unpaired) electrons. The molecule has 1 aromatic heterocycles. The summed E-state index contributed by atoms with van der Waals surface area (Å²) >= 11 is 3.29. The van der Waals surface area contributed by atoms with Gasteiger partial charge in [0, 0.05) is 5.56 Å². The Bertz CT molecular complexity index is 674. The average Bonchev–Trinajstić information content (AvgIpc) is 2.49. The highest BCUT2D eigenvalue weighted by Gasteiger charge is 2.12. The van der Waals surface area contributed by atoms with Crippen molar-refractivity contribution < 1.29 is 14.3 Å². The molecule has 0 spiro atoms. The van der Waals surface area contributed by atoms with Crippen molar-refractivity contribution in [3.05, 3.63) is 46.2 Å². The molecule has 0 saturated heterocycles. The fourth-order valence-electron chi connectivity index (χ4n) is 1.83. The monoisotopic (exact) mass is 350 g/mol. The highest BCUT2D eigenvalue weighted by atomic mass is 79.9. The largest absolute Gasteiger partial charge is 0.493 e. The van der Waals surface area contributed by atoms with Crippen molar-refractivity contribution in [1.29, 1.82) is 0 Å². The van der Waals surface area contributed by atoms with Gasteiger partial charge in [-0.15, -0.1) is 0 Å². The van der Waals surface area contributed by atoms with Gasteiger partial charge in [0.25, 0.3) is 5.91 Å². The van der Waals surface area contributed by atoms with E-state index in [-0.39, 0.29) is 5.91 Å². The first-order valence-corrected chi connectivity index (χ1v) is 7.01. The molecule has 110 valence electrons. The van der Waals surface area contributed by atoms with Crippen molar-refractivity contribution in [3.8, 4) is 11.5 Å². The molecule has 5 nitrogen and oxygen atoms in total. The molecule has 21 heavy (non-hydrogen) atoms. The molecule has 1 amide bonds. The summed E-state index contributed by atoms with van der Waals surface area (Å²) in [6.07, 6.45) is 0. The Balaban J connectivity index is 2.24. The number of carbonyl (C=O) groups is 1. The number of carbonyl (C=O) groups excluding carboxylic acids is 1. The lowest BCUT2D eigenvalue weighted by Crippen LogP contribution is -2.13. The van der Waals surface area contributed by atoms with E-state index in [1.54, 1.807) is 37.4 Å². The van der Waals surface area contributed by atoms with Crippen LogP contribution in [-0.2, 0) is 0 Å². The number of aryl methyl sites for hydroxylation is 1. The first kappa shape index (κ1) is 15.3. The van der Waals surface area contributed by atoms with Crippen LogP contribution in [0, 0.1) is 6.92 Å². The molecule has 0 aliphatic rings. The molecule has 0 bridgehead atoms. The maximum Gasteiger partial charge on any atom is 0.255 e. The van der Waals surface area contributed by atoms with E-state index in [1.165, 1.54) is 7.11 Å². The first-order chi connectivity index (χ1) is 10.0. The van der Waals surface area contributed by atoms with Gasteiger partial charge in [0.15, 0.2) is 11.5 Å². The third kappa shape index (κ3) is 3.52. The maximum atomic E-state index is 12.3. The lowest BCUT2D eigenvalue weighted by Gasteiger charge is -2.11. The van der Waals surface area contributed by atoms with Crippen molar-refractivity contribution in [2.24, 2.45) is 0 Å². The van der Waals surface area contributed by atoms with Crippen LogP contribution in [0.1, 0.15) is 16.1 Å². The minimum atomic E-state index is -0.233. The highest BCUT2D eigenvalue weighted by Crippen LogP contribution is 2.28. The van der Waals surface area contributed by atoms with E-state index in [0.717, 1.165) is 10.3 Å². The van der Waals surface area contributed by atoms with Crippen LogP contribution in [0.3, 0.4) is 0 Å². The van der Waals surface area contributed by atoms with E-state index in [1.807, 2.05) is 6.92 Å². The second-order valence-corrected chi connectivity index (χ2v) is 5.10. The molecule has 6 heteroatoms. The molecule has 0 aliphatic heterocycles. The van der Waals surface area contributed by atoms with Gasteiger partial charge < -0.3 is 14.8 Å². The maximum absolute atomic E-state index is 12.3. The molecular weight excluding hydrogens is 336 g/mol. The predicted octanol–water partition coefficient (Wildman–Crippen LogP) is 3.42. The quantitative estimate of drug-likeness (QED) is 0.858. The number of methoxy groups -OCH3 is 2. The van der Waals surface area contributed by atoms with Gasteiger partial charge in [0.1, 0.15) is 4.60 Å². The number of aromatic nitrogens is 1. The fraction of sp³-hybridized carbons (Fsp3) is 0.200. The van der Waals surface area contributed by atoms with Crippen molar-refractivity contribution in [1.82, 2.24) is 4.98 Å². The molecule has 0 atom stereocenters. The third-order valence-corrected chi connectivity index (χ3v) is 3.39. The molecule has 0 aliphatic carbocycles. The molecule has 0 fully saturated rings. The van der Waals surface area contributed by atoms with Crippen LogP contribution < -0.4 is 14.8 Å². The lowest BCUT2D eigenvalue weighted by molar-refractivity contribution is 0.102. The van der Waals surface area contributed by atoms with E-state index < -0.39 is 0 Å². The summed E-state index contributed by atoms with van der Waals surface area (Å²) in [6.45, 7) is 1.83. The van der Waals surface area contributed by atoms with Gasteiger partial charge in [-0.1, -0.05) is 0 Å². The summed E-state index contributed by atoms with van der Waals surface area (Å²) in [4.78, 5) is 16.5. The van der Waals surface area contributed by atoms with E-state index in [4.69, 9.17) is 9.47 Å². The van der Waals surface area contributed by atoms with Gasteiger partial charge in [-0.2, -0.15) is 0 Å². The summed E-state index contributed by atoms with van der Waals surface area (Å²) in [5, 5.41) is 2.82. The number of hydrogen-bond acceptors (Lipinski definition) is 4. The van der Waals surface area contributed by atoms with Crippen LogP contribution in [0.4, 0.5) is 5.69 Å². The fourth-order valence-corrected chi connectivity index (χ4v) is 2.23. The minimum Gasteiger partial charge on any atom is -0.493 e. The number of pyridine rings is 1.